The topological polar surface area (TPSA) is 0 Å². The third kappa shape index (κ3) is 2.44. The van der Waals surface area contributed by atoms with Crippen LogP contribution >= 0.6 is 22.6 Å². The molecule has 2 saturated carbocycles. The summed E-state index contributed by atoms with van der Waals surface area (Å²) >= 11 is 2.73. The van der Waals surface area contributed by atoms with Crippen molar-refractivity contribution in [3.05, 3.63) is 59.8 Å². The number of alkyl halides is 1. The van der Waals surface area contributed by atoms with Gasteiger partial charge in [-0.2, -0.15) is 0 Å². The first-order chi connectivity index (χ1) is 11.8. The fraction of sp³-hybridized carbons (Fsp3) is 0.583. The molecule has 134 valence electrons. The second-order valence-corrected chi connectivity index (χ2v) is 10.7. The molecule has 4 aliphatic rings. The fourth-order valence-corrected chi connectivity index (χ4v) is 8.39. The van der Waals surface area contributed by atoms with Crippen molar-refractivity contribution in [2.75, 3.05) is 0 Å². The Hall–Kier alpha value is -0.570. The van der Waals surface area contributed by atoms with E-state index >= 15 is 0 Å². The van der Waals surface area contributed by atoms with Gasteiger partial charge in [0, 0.05) is 9.34 Å². The van der Waals surface area contributed by atoms with E-state index in [1.165, 1.54) is 36.8 Å². The molecule has 0 nitrogen and oxygen atoms in total. The minimum Gasteiger partial charge on any atom is -0.0995 e. The second kappa shape index (κ2) is 5.97. The summed E-state index contributed by atoms with van der Waals surface area (Å²) in [5.41, 5.74) is 6.50. The van der Waals surface area contributed by atoms with Crippen molar-refractivity contribution < 1.29 is 0 Å². The van der Waals surface area contributed by atoms with Crippen LogP contribution in [-0.2, 0) is 0 Å². The number of allylic oxidation sites excluding steroid dienone is 8. The van der Waals surface area contributed by atoms with Crippen LogP contribution in [0.4, 0.5) is 0 Å². The summed E-state index contributed by atoms with van der Waals surface area (Å²) in [6.07, 6.45) is 15.9. The summed E-state index contributed by atoms with van der Waals surface area (Å²) in [6.45, 7) is 15.9. The summed E-state index contributed by atoms with van der Waals surface area (Å²) in [4.78, 5) is 0. The van der Waals surface area contributed by atoms with Crippen molar-refractivity contribution in [2.24, 2.45) is 28.6 Å². The van der Waals surface area contributed by atoms with Crippen LogP contribution in [-0.4, -0.2) is 3.92 Å². The second-order valence-electron chi connectivity index (χ2n) is 9.14. The first-order valence-corrected chi connectivity index (χ1v) is 11.2. The first kappa shape index (κ1) is 17.8. The van der Waals surface area contributed by atoms with Gasteiger partial charge in [0.2, 0.25) is 0 Å². The Morgan fingerprint density at radius 3 is 2.84 bits per heavy atom. The van der Waals surface area contributed by atoms with E-state index in [1.807, 2.05) is 0 Å². The summed E-state index contributed by atoms with van der Waals surface area (Å²) in [5.74, 6) is 2.26. The van der Waals surface area contributed by atoms with E-state index in [-0.39, 0.29) is 5.41 Å². The molecule has 0 aromatic carbocycles. The first-order valence-electron chi connectivity index (χ1n) is 9.92. The van der Waals surface area contributed by atoms with E-state index in [0.29, 0.717) is 11.3 Å². The van der Waals surface area contributed by atoms with Gasteiger partial charge in [-0.15, -0.1) is 0 Å². The van der Waals surface area contributed by atoms with Gasteiger partial charge in [-0.3, -0.25) is 0 Å². The summed E-state index contributed by atoms with van der Waals surface area (Å²) < 4.78 is 0.749. The Morgan fingerprint density at radius 1 is 1.36 bits per heavy atom. The molecule has 0 aromatic rings. The monoisotopic (exact) mass is 446 g/mol. The molecule has 25 heavy (non-hydrogen) atoms. The summed E-state index contributed by atoms with van der Waals surface area (Å²) in [6, 6.07) is 0. The Bertz CT molecular complexity index is 720. The zero-order valence-electron chi connectivity index (χ0n) is 15.9. The SMILES string of the molecule is C=C1C=C[C@@]2(C)C(=C1)CCC1C2=CC[C@@]2(C)C1C[C@@H](I)[C@@H]2C(=C)CC. The minimum atomic E-state index is 0.145. The maximum Gasteiger partial charge on any atom is 0.0281 e. The van der Waals surface area contributed by atoms with Crippen molar-refractivity contribution in [3.8, 4) is 0 Å². The Balaban J connectivity index is 1.75. The molecule has 0 bridgehead atoms. The van der Waals surface area contributed by atoms with Crippen LogP contribution in [0.25, 0.3) is 0 Å². The number of hydrogen-bond donors (Lipinski definition) is 0. The molecule has 0 N–H and O–H groups in total. The van der Waals surface area contributed by atoms with E-state index < -0.39 is 0 Å². The molecule has 2 fully saturated rings. The Labute approximate surface area is 167 Å². The molecule has 0 saturated heterocycles. The molecule has 0 aromatic heterocycles. The highest BCUT2D eigenvalue weighted by atomic mass is 127. The van der Waals surface area contributed by atoms with E-state index in [4.69, 9.17) is 0 Å². The molecular weight excluding hydrogens is 415 g/mol. The predicted molar refractivity (Wildman–Crippen MR) is 117 cm³/mol. The average molecular weight is 446 g/mol. The zero-order chi connectivity index (χ0) is 18.0. The molecule has 6 atom stereocenters. The van der Waals surface area contributed by atoms with Gasteiger partial charge in [-0.1, -0.05) is 90.6 Å². The Kier molecular flexibility index (Phi) is 4.26. The van der Waals surface area contributed by atoms with Crippen LogP contribution in [0.1, 0.15) is 52.9 Å². The average Bonchev–Trinajstić information content (AvgIpc) is 2.85. The van der Waals surface area contributed by atoms with Gasteiger partial charge < -0.3 is 0 Å². The van der Waals surface area contributed by atoms with Crippen molar-refractivity contribution >= 4 is 22.6 Å². The highest BCUT2D eigenvalue weighted by Gasteiger charge is 2.58. The summed E-state index contributed by atoms with van der Waals surface area (Å²) in [5, 5.41) is 0. The molecule has 4 aliphatic carbocycles. The smallest absolute Gasteiger partial charge is 0.0281 e. The predicted octanol–water partition coefficient (Wildman–Crippen LogP) is 7.20. The molecule has 1 heteroatoms. The van der Waals surface area contributed by atoms with Gasteiger partial charge in [0.15, 0.2) is 0 Å². The van der Waals surface area contributed by atoms with Gasteiger partial charge in [0.05, 0.1) is 0 Å². The van der Waals surface area contributed by atoms with Gasteiger partial charge >= 0.3 is 0 Å². The van der Waals surface area contributed by atoms with Gasteiger partial charge in [-0.25, -0.2) is 0 Å². The normalized spacial score (nSPS) is 45.2. The van der Waals surface area contributed by atoms with Crippen LogP contribution in [0.2, 0.25) is 0 Å². The van der Waals surface area contributed by atoms with Crippen LogP contribution in [0, 0.1) is 28.6 Å². The van der Waals surface area contributed by atoms with Crippen molar-refractivity contribution in [2.45, 2.75) is 56.8 Å². The lowest BCUT2D eigenvalue weighted by Crippen LogP contribution is -2.43. The lowest BCUT2D eigenvalue weighted by atomic mass is 9.52. The van der Waals surface area contributed by atoms with Gasteiger partial charge in [0.25, 0.3) is 0 Å². The third-order valence-electron chi connectivity index (χ3n) is 7.92. The van der Waals surface area contributed by atoms with E-state index in [2.05, 4.69) is 80.8 Å². The molecular formula is C24H31I. The third-order valence-corrected chi connectivity index (χ3v) is 9.15. The van der Waals surface area contributed by atoms with Crippen LogP contribution in [0.5, 0.6) is 0 Å². The highest BCUT2D eigenvalue weighted by molar-refractivity contribution is 14.1. The maximum absolute atomic E-state index is 4.48. The van der Waals surface area contributed by atoms with Gasteiger partial charge in [-0.05, 0) is 67.8 Å². The van der Waals surface area contributed by atoms with Gasteiger partial charge in [0.1, 0.15) is 0 Å². The van der Waals surface area contributed by atoms with Crippen LogP contribution in [0.15, 0.2) is 59.8 Å². The molecule has 0 amide bonds. The fourth-order valence-electron chi connectivity index (χ4n) is 6.51. The van der Waals surface area contributed by atoms with Crippen molar-refractivity contribution in [3.63, 3.8) is 0 Å². The summed E-state index contributed by atoms with van der Waals surface area (Å²) in [7, 11) is 0. The molecule has 0 aliphatic heterocycles. The van der Waals surface area contributed by atoms with Crippen LogP contribution < -0.4 is 0 Å². The molecule has 2 unspecified atom stereocenters. The van der Waals surface area contributed by atoms with E-state index in [1.54, 1.807) is 11.1 Å². The quantitative estimate of drug-likeness (QED) is 0.239. The minimum absolute atomic E-state index is 0.145. The van der Waals surface area contributed by atoms with Crippen molar-refractivity contribution in [1.82, 2.24) is 0 Å². The molecule has 0 heterocycles. The largest absolute Gasteiger partial charge is 0.0995 e. The molecule has 0 radical (unpaired) electrons. The van der Waals surface area contributed by atoms with Crippen LogP contribution in [0.3, 0.4) is 0 Å². The molecule has 0 spiro atoms. The lowest BCUT2D eigenvalue weighted by Gasteiger charge is -2.52. The molecule has 4 rings (SSSR count). The zero-order valence-corrected chi connectivity index (χ0v) is 18.1. The lowest BCUT2D eigenvalue weighted by molar-refractivity contribution is 0.104. The number of rotatable bonds is 2. The number of fused-ring (bicyclic) bond motifs is 5. The maximum atomic E-state index is 4.48. The standard InChI is InChI=1S/C24H31I/c1-6-16(3)22-21(25)14-20-18-8-7-17-13-15(2)9-11-23(17,4)19(18)10-12-24(20,22)5/h9-11,13,18,20-22H,2-3,6-8,12,14H2,1,4-5H3/t18?,20?,21-,22+,23+,24+/m1/s1. The van der Waals surface area contributed by atoms with E-state index in [0.717, 1.165) is 22.2 Å². The van der Waals surface area contributed by atoms with E-state index in [9.17, 15) is 0 Å². The Morgan fingerprint density at radius 2 is 2.12 bits per heavy atom. The van der Waals surface area contributed by atoms with Crippen molar-refractivity contribution in [1.29, 1.82) is 0 Å². The number of halogens is 1. The highest BCUT2D eigenvalue weighted by Crippen LogP contribution is 2.66. The number of hydrogen-bond acceptors (Lipinski definition) is 0.